The molecular formula is C13H16ClFN2O. The van der Waals surface area contributed by atoms with E-state index in [2.05, 4.69) is 0 Å². The van der Waals surface area contributed by atoms with Crippen molar-refractivity contribution >= 4 is 29.2 Å². The molecule has 0 spiro atoms. The zero-order valence-electron chi connectivity index (χ0n) is 10.1. The fraction of sp³-hybridized carbons (Fsp3) is 0.308. The van der Waals surface area contributed by atoms with Gasteiger partial charge >= 0.3 is 0 Å². The minimum absolute atomic E-state index is 0. The first kappa shape index (κ1) is 14.7. The molecule has 0 aliphatic rings. The van der Waals surface area contributed by atoms with Crippen molar-refractivity contribution in [3.8, 4) is 0 Å². The zero-order valence-corrected chi connectivity index (χ0v) is 10.9. The molecule has 1 aromatic carbocycles. The van der Waals surface area contributed by atoms with Crippen LogP contribution in [0.25, 0.3) is 10.9 Å². The molecule has 0 aliphatic carbocycles. The Bertz CT molecular complexity index is 553. The van der Waals surface area contributed by atoms with Gasteiger partial charge in [0.25, 0.3) is 0 Å². The first-order valence-corrected chi connectivity index (χ1v) is 5.57. The maximum Gasteiger partial charge on any atom is 0.227 e. The van der Waals surface area contributed by atoms with E-state index in [1.807, 2.05) is 24.3 Å². The number of fused-ring (bicyclic) bond motifs is 1. The van der Waals surface area contributed by atoms with Gasteiger partial charge in [-0.3, -0.25) is 13.8 Å². The van der Waals surface area contributed by atoms with Crippen molar-refractivity contribution < 1.29 is 9.18 Å². The summed E-state index contributed by atoms with van der Waals surface area (Å²) in [7, 11) is 0. The Hall–Kier alpha value is -1.39. The summed E-state index contributed by atoms with van der Waals surface area (Å²) in [5.74, 6) is -0.0695. The smallest absolute Gasteiger partial charge is 0.227 e. The maximum atomic E-state index is 12.3. The van der Waals surface area contributed by atoms with Gasteiger partial charge in [-0.1, -0.05) is 18.2 Å². The number of para-hydroxylation sites is 1. The molecule has 2 N–H and O–H groups in total. The molecule has 0 bridgehead atoms. The van der Waals surface area contributed by atoms with Crippen LogP contribution in [0, 0.1) is 0 Å². The molecule has 5 heteroatoms. The summed E-state index contributed by atoms with van der Waals surface area (Å²) in [6.07, 6.45) is 1.99. The van der Waals surface area contributed by atoms with Gasteiger partial charge in [0, 0.05) is 24.5 Å². The standard InChI is InChI=1S/C13H15FN2O.ClH/c1-9(17)16-8-11(12(15)6-7-14)10-4-2-3-5-13(10)16;/h2-5,8,12H,6-7,15H2,1H3;1H/t12-;/m1./s1. The van der Waals surface area contributed by atoms with Crippen LogP contribution in [0.2, 0.25) is 0 Å². The molecule has 0 saturated heterocycles. The van der Waals surface area contributed by atoms with Gasteiger partial charge in [0.1, 0.15) is 0 Å². The number of halogens is 2. The molecule has 0 aliphatic heterocycles. The number of carbonyl (C=O) groups excluding carboxylic acids is 1. The summed E-state index contributed by atoms with van der Waals surface area (Å²) in [6, 6.07) is 7.15. The Morgan fingerprint density at radius 2 is 2.11 bits per heavy atom. The predicted molar refractivity (Wildman–Crippen MR) is 73.0 cm³/mol. The van der Waals surface area contributed by atoms with Crippen LogP contribution in [-0.4, -0.2) is 17.1 Å². The number of hydrogen-bond acceptors (Lipinski definition) is 2. The Morgan fingerprint density at radius 3 is 2.72 bits per heavy atom. The number of alkyl halides is 1. The summed E-state index contributed by atoms with van der Waals surface area (Å²) in [6.45, 7) is 1.04. The Kier molecular flexibility index (Phi) is 4.87. The summed E-state index contributed by atoms with van der Waals surface area (Å²) < 4.78 is 13.9. The van der Waals surface area contributed by atoms with Gasteiger partial charge in [-0.05, 0) is 18.1 Å². The lowest BCUT2D eigenvalue weighted by atomic mass is 10.0. The molecule has 0 unspecified atom stereocenters. The first-order chi connectivity index (χ1) is 8.15. The van der Waals surface area contributed by atoms with Crippen molar-refractivity contribution in [2.75, 3.05) is 6.67 Å². The molecule has 1 atom stereocenters. The van der Waals surface area contributed by atoms with Crippen LogP contribution in [0.15, 0.2) is 30.5 Å². The van der Waals surface area contributed by atoms with E-state index in [1.54, 1.807) is 10.8 Å². The molecule has 18 heavy (non-hydrogen) atoms. The van der Waals surface area contributed by atoms with Crippen molar-refractivity contribution in [3.05, 3.63) is 36.0 Å². The monoisotopic (exact) mass is 270 g/mol. The van der Waals surface area contributed by atoms with E-state index in [0.717, 1.165) is 16.5 Å². The molecule has 98 valence electrons. The van der Waals surface area contributed by atoms with Gasteiger partial charge in [-0.25, -0.2) is 0 Å². The van der Waals surface area contributed by atoms with Gasteiger partial charge < -0.3 is 5.73 Å². The second kappa shape index (κ2) is 5.98. The highest BCUT2D eigenvalue weighted by Gasteiger charge is 2.15. The van der Waals surface area contributed by atoms with E-state index >= 15 is 0 Å². The number of aromatic nitrogens is 1. The average molecular weight is 271 g/mol. The van der Waals surface area contributed by atoms with Gasteiger partial charge in [0.2, 0.25) is 5.91 Å². The third-order valence-corrected chi connectivity index (χ3v) is 2.90. The predicted octanol–water partition coefficient (Wildman–Crippen LogP) is 3.08. The highest BCUT2D eigenvalue weighted by atomic mass is 35.5. The molecule has 2 rings (SSSR count). The topological polar surface area (TPSA) is 48.0 Å². The number of rotatable bonds is 3. The molecule has 2 aromatic rings. The minimum Gasteiger partial charge on any atom is -0.324 e. The number of nitrogens with two attached hydrogens (primary N) is 1. The molecule has 1 heterocycles. The fourth-order valence-corrected chi connectivity index (χ4v) is 2.04. The molecule has 0 saturated carbocycles. The molecule has 0 radical (unpaired) electrons. The Balaban J connectivity index is 0.00000162. The quantitative estimate of drug-likeness (QED) is 0.932. The summed E-state index contributed by atoms with van der Waals surface area (Å²) >= 11 is 0. The number of hydrogen-bond donors (Lipinski definition) is 1. The SMILES string of the molecule is CC(=O)n1cc([C@H](N)CCF)c2ccccc21.Cl. The second-order valence-corrected chi connectivity index (χ2v) is 4.07. The van der Waals surface area contributed by atoms with E-state index < -0.39 is 6.67 Å². The van der Waals surface area contributed by atoms with Gasteiger partial charge in [-0.2, -0.15) is 0 Å². The first-order valence-electron chi connectivity index (χ1n) is 5.57. The summed E-state index contributed by atoms with van der Waals surface area (Å²) in [5.41, 5.74) is 7.57. The van der Waals surface area contributed by atoms with E-state index in [0.29, 0.717) is 0 Å². The molecule has 0 amide bonds. The summed E-state index contributed by atoms with van der Waals surface area (Å²) in [4.78, 5) is 11.5. The number of benzene rings is 1. The van der Waals surface area contributed by atoms with Gasteiger partial charge in [0.05, 0.1) is 12.2 Å². The van der Waals surface area contributed by atoms with Crippen LogP contribution in [0.5, 0.6) is 0 Å². The lowest BCUT2D eigenvalue weighted by Crippen LogP contribution is -2.11. The van der Waals surface area contributed by atoms with Crippen LogP contribution in [0.1, 0.15) is 29.7 Å². The van der Waals surface area contributed by atoms with Crippen LogP contribution < -0.4 is 5.73 Å². The maximum absolute atomic E-state index is 12.3. The van der Waals surface area contributed by atoms with Crippen LogP contribution in [0.3, 0.4) is 0 Å². The minimum atomic E-state index is -0.458. The number of nitrogens with zero attached hydrogens (tertiary/aromatic N) is 1. The van der Waals surface area contributed by atoms with Crippen molar-refractivity contribution in [2.24, 2.45) is 5.73 Å². The van der Waals surface area contributed by atoms with E-state index in [9.17, 15) is 9.18 Å². The van der Waals surface area contributed by atoms with E-state index in [4.69, 9.17) is 5.73 Å². The molecule has 1 aromatic heterocycles. The van der Waals surface area contributed by atoms with Crippen LogP contribution in [0.4, 0.5) is 4.39 Å². The fourth-order valence-electron chi connectivity index (χ4n) is 2.04. The van der Waals surface area contributed by atoms with Crippen molar-refractivity contribution in [3.63, 3.8) is 0 Å². The van der Waals surface area contributed by atoms with Gasteiger partial charge in [-0.15, -0.1) is 12.4 Å². The van der Waals surface area contributed by atoms with Crippen LogP contribution in [-0.2, 0) is 0 Å². The van der Waals surface area contributed by atoms with Crippen LogP contribution >= 0.6 is 12.4 Å². The second-order valence-electron chi connectivity index (χ2n) is 4.07. The van der Waals surface area contributed by atoms with Gasteiger partial charge in [0.15, 0.2) is 0 Å². The third-order valence-electron chi connectivity index (χ3n) is 2.90. The third kappa shape index (κ3) is 2.54. The largest absolute Gasteiger partial charge is 0.324 e. The number of carbonyl (C=O) groups is 1. The average Bonchev–Trinajstić information content (AvgIpc) is 2.69. The summed E-state index contributed by atoms with van der Waals surface area (Å²) in [5, 5.41) is 0.920. The molecule has 3 nitrogen and oxygen atoms in total. The van der Waals surface area contributed by atoms with E-state index in [1.165, 1.54) is 6.92 Å². The lowest BCUT2D eigenvalue weighted by molar-refractivity contribution is 0.0941. The Morgan fingerprint density at radius 1 is 1.44 bits per heavy atom. The highest BCUT2D eigenvalue weighted by Crippen LogP contribution is 2.27. The molecular weight excluding hydrogens is 255 g/mol. The van der Waals surface area contributed by atoms with Crippen molar-refractivity contribution in [2.45, 2.75) is 19.4 Å². The highest BCUT2D eigenvalue weighted by molar-refractivity contribution is 5.93. The zero-order chi connectivity index (χ0) is 12.4. The lowest BCUT2D eigenvalue weighted by Gasteiger charge is -2.07. The van der Waals surface area contributed by atoms with Crippen molar-refractivity contribution in [1.82, 2.24) is 4.57 Å². The van der Waals surface area contributed by atoms with E-state index in [-0.39, 0.29) is 30.8 Å². The normalized spacial score (nSPS) is 12.2. The Labute approximate surface area is 111 Å². The van der Waals surface area contributed by atoms with Crippen molar-refractivity contribution in [1.29, 1.82) is 0 Å². The molecule has 0 fully saturated rings.